The number of hydrogen-bond donors (Lipinski definition) is 1. The fourth-order valence-corrected chi connectivity index (χ4v) is 3.44. The quantitative estimate of drug-likeness (QED) is 0.698. The average molecular weight is 364 g/mol. The first kappa shape index (κ1) is 17.6. The third kappa shape index (κ3) is 4.31. The Morgan fingerprint density at radius 2 is 2.04 bits per heavy atom. The van der Waals surface area contributed by atoms with Gasteiger partial charge in [0.25, 0.3) is 0 Å². The molecule has 140 valence electrons. The largest absolute Gasteiger partial charge is 0.488 e. The number of rotatable bonds is 7. The highest BCUT2D eigenvalue weighted by molar-refractivity contribution is 5.88. The molecule has 0 radical (unpaired) electrons. The first-order valence-corrected chi connectivity index (χ1v) is 9.42. The summed E-state index contributed by atoms with van der Waals surface area (Å²) in [4.78, 5) is 12.3. The Labute approximate surface area is 158 Å². The second kappa shape index (κ2) is 8.27. The normalized spacial score (nSPS) is 16.5. The number of fused-ring (bicyclic) bond motifs is 1. The molecular formula is C22H24N2O3. The van der Waals surface area contributed by atoms with E-state index in [1.165, 1.54) is 0 Å². The van der Waals surface area contributed by atoms with Crippen molar-refractivity contribution in [1.82, 2.24) is 9.88 Å². The monoisotopic (exact) mass is 364 g/mol. The zero-order valence-corrected chi connectivity index (χ0v) is 15.3. The summed E-state index contributed by atoms with van der Waals surface area (Å²) in [6, 6.07) is 18.0. The predicted molar refractivity (Wildman–Crippen MR) is 105 cm³/mol. The highest BCUT2D eigenvalue weighted by atomic mass is 16.5. The van der Waals surface area contributed by atoms with E-state index in [2.05, 4.69) is 5.32 Å². The summed E-state index contributed by atoms with van der Waals surface area (Å²) >= 11 is 0. The minimum atomic E-state index is -0.00129. The van der Waals surface area contributed by atoms with E-state index >= 15 is 0 Å². The average Bonchev–Trinajstić information content (AvgIpc) is 3.36. The minimum absolute atomic E-state index is 0.00129. The number of carbonyl (C=O) groups excluding carboxylic acids is 1. The lowest BCUT2D eigenvalue weighted by molar-refractivity contribution is -0.122. The number of hydrogen-bond acceptors (Lipinski definition) is 3. The molecule has 1 saturated heterocycles. The molecule has 1 amide bonds. The topological polar surface area (TPSA) is 52.5 Å². The molecular weight excluding hydrogens is 340 g/mol. The maximum Gasteiger partial charge on any atom is 0.240 e. The summed E-state index contributed by atoms with van der Waals surface area (Å²) in [5.74, 6) is 0.827. The zero-order chi connectivity index (χ0) is 18.5. The molecule has 0 bridgehead atoms. The van der Waals surface area contributed by atoms with Crippen molar-refractivity contribution < 1.29 is 14.3 Å². The van der Waals surface area contributed by atoms with Crippen LogP contribution < -0.4 is 10.1 Å². The second-order valence-corrected chi connectivity index (χ2v) is 6.85. The summed E-state index contributed by atoms with van der Waals surface area (Å²) < 4.78 is 13.5. The van der Waals surface area contributed by atoms with E-state index in [9.17, 15) is 4.79 Å². The van der Waals surface area contributed by atoms with Gasteiger partial charge in [-0.3, -0.25) is 4.79 Å². The fourth-order valence-electron chi connectivity index (χ4n) is 3.44. The number of aromatic nitrogens is 1. The Kier molecular flexibility index (Phi) is 5.39. The van der Waals surface area contributed by atoms with Crippen molar-refractivity contribution in [2.75, 3.05) is 13.2 Å². The first-order valence-electron chi connectivity index (χ1n) is 9.42. The molecule has 1 unspecified atom stereocenters. The molecule has 0 saturated carbocycles. The van der Waals surface area contributed by atoms with Crippen LogP contribution in [-0.2, 0) is 22.7 Å². The van der Waals surface area contributed by atoms with Crippen molar-refractivity contribution in [1.29, 1.82) is 0 Å². The van der Waals surface area contributed by atoms with Crippen molar-refractivity contribution in [3.8, 4) is 5.75 Å². The maximum atomic E-state index is 12.3. The van der Waals surface area contributed by atoms with Crippen LogP contribution >= 0.6 is 0 Å². The summed E-state index contributed by atoms with van der Waals surface area (Å²) in [6.45, 7) is 2.20. The molecule has 1 N–H and O–H groups in total. The minimum Gasteiger partial charge on any atom is -0.488 e. The molecule has 5 nitrogen and oxygen atoms in total. The lowest BCUT2D eigenvalue weighted by atomic mass is 10.2. The van der Waals surface area contributed by atoms with Crippen LogP contribution in [0.25, 0.3) is 10.9 Å². The number of ether oxygens (including phenoxy) is 2. The molecule has 3 aromatic rings. The van der Waals surface area contributed by atoms with Crippen LogP contribution in [-0.4, -0.2) is 29.7 Å². The Bertz CT molecular complexity index is 898. The van der Waals surface area contributed by atoms with Crippen LogP contribution in [0.1, 0.15) is 18.4 Å². The van der Waals surface area contributed by atoms with Gasteiger partial charge in [0, 0.05) is 24.7 Å². The zero-order valence-electron chi connectivity index (χ0n) is 15.3. The van der Waals surface area contributed by atoms with E-state index in [0.717, 1.165) is 41.7 Å². The number of nitrogens with zero attached hydrogens (tertiary/aromatic N) is 1. The van der Waals surface area contributed by atoms with Crippen molar-refractivity contribution in [2.24, 2.45) is 0 Å². The highest BCUT2D eigenvalue weighted by Crippen LogP contribution is 2.27. The summed E-state index contributed by atoms with van der Waals surface area (Å²) in [6.07, 6.45) is 4.20. The van der Waals surface area contributed by atoms with Gasteiger partial charge in [-0.1, -0.05) is 36.4 Å². The van der Waals surface area contributed by atoms with Gasteiger partial charge in [-0.15, -0.1) is 0 Å². The summed E-state index contributed by atoms with van der Waals surface area (Å²) in [5.41, 5.74) is 2.12. The molecule has 2 aromatic carbocycles. The van der Waals surface area contributed by atoms with Crippen molar-refractivity contribution in [3.05, 3.63) is 66.4 Å². The van der Waals surface area contributed by atoms with Crippen LogP contribution in [0.3, 0.4) is 0 Å². The molecule has 0 aliphatic carbocycles. The summed E-state index contributed by atoms with van der Waals surface area (Å²) in [5, 5.41) is 3.99. The predicted octanol–water partition coefficient (Wildman–Crippen LogP) is 3.52. The molecule has 1 aliphatic rings. The van der Waals surface area contributed by atoms with Gasteiger partial charge in [0.15, 0.2) is 0 Å². The second-order valence-electron chi connectivity index (χ2n) is 6.85. The Balaban J connectivity index is 1.41. The fraction of sp³-hybridized carbons (Fsp3) is 0.318. The van der Waals surface area contributed by atoms with E-state index in [0.29, 0.717) is 19.7 Å². The molecule has 5 heteroatoms. The van der Waals surface area contributed by atoms with Gasteiger partial charge in [-0.05, 0) is 36.6 Å². The van der Waals surface area contributed by atoms with Crippen LogP contribution in [0.2, 0.25) is 0 Å². The SMILES string of the molecule is O=C(Cn1ccc2c(OCc3ccccc3)cccc21)NCC1CCCO1. The van der Waals surface area contributed by atoms with Crippen molar-refractivity contribution in [3.63, 3.8) is 0 Å². The van der Waals surface area contributed by atoms with Gasteiger partial charge in [0.2, 0.25) is 5.91 Å². The van der Waals surface area contributed by atoms with Gasteiger partial charge in [-0.25, -0.2) is 0 Å². The van der Waals surface area contributed by atoms with Crippen molar-refractivity contribution >= 4 is 16.8 Å². The third-order valence-electron chi connectivity index (χ3n) is 4.88. The molecule has 27 heavy (non-hydrogen) atoms. The third-order valence-corrected chi connectivity index (χ3v) is 4.88. The lowest BCUT2D eigenvalue weighted by Gasteiger charge is -2.12. The van der Waals surface area contributed by atoms with E-state index in [1.54, 1.807) is 0 Å². The molecule has 2 heterocycles. The Morgan fingerprint density at radius 3 is 2.85 bits per heavy atom. The van der Waals surface area contributed by atoms with Crippen LogP contribution in [0.4, 0.5) is 0 Å². The first-order chi connectivity index (χ1) is 13.3. The van der Waals surface area contributed by atoms with E-state index < -0.39 is 0 Å². The Hall–Kier alpha value is -2.79. The number of carbonyl (C=O) groups is 1. The lowest BCUT2D eigenvalue weighted by Crippen LogP contribution is -2.33. The number of benzene rings is 2. The molecule has 1 aromatic heterocycles. The van der Waals surface area contributed by atoms with E-state index in [4.69, 9.17) is 9.47 Å². The number of nitrogens with one attached hydrogen (secondary N) is 1. The standard InChI is InChI=1S/C22H24N2O3/c25-22(23-14-18-8-5-13-26-18)15-24-12-11-19-20(24)9-4-10-21(19)27-16-17-6-2-1-3-7-17/h1-4,6-7,9-12,18H,5,8,13-16H2,(H,23,25). The van der Waals surface area contributed by atoms with E-state index in [1.807, 2.05) is 65.4 Å². The molecule has 0 spiro atoms. The Morgan fingerprint density at radius 1 is 1.15 bits per heavy atom. The highest BCUT2D eigenvalue weighted by Gasteiger charge is 2.16. The van der Waals surface area contributed by atoms with Gasteiger partial charge < -0.3 is 19.4 Å². The van der Waals surface area contributed by atoms with Gasteiger partial charge in [0.1, 0.15) is 18.9 Å². The summed E-state index contributed by atoms with van der Waals surface area (Å²) in [7, 11) is 0. The van der Waals surface area contributed by atoms with Crippen LogP contribution in [0.5, 0.6) is 5.75 Å². The maximum absolute atomic E-state index is 12.3. The molecule has 4 rings (SSSR count). The van der Waals surface area contributed by atoms with Crippen LogP contribution in [0.15, 0.2) is 60.8 Å². The van der Waals surface area contributed by atoms with Gasteiger partial charge >= 0.3 is 0 Å². The molecule has 1 fully saturated rings. The van der Waals surface area contributed by atoms with E-state index in [-0.39, 0.29) is 12.0 Å². The van der Waals surface area contributed by atoms with Crippen molar-refractivity contribution in [2.45, 2.75) is 32.1 Å². The molecule has 1 atom stereocenters. The number of amides is 1. The van der Waals surface area contributed by atoms with Gasteiger partial charge in [-0.2, -0.15) is 0 Å². The smallest absolute Gasteiger partial charge is 0.240 e. The molecule has 1 aliphatic heterocycles. The van der Waals surface area contributed by atoms with Gasteiger partial charge in [0.05, 0.1) is 11.6 Å². The van der Waals surface area contributed by atoms with Crippen LogP contribution in [0, 0.1) is 0 Å².